The Morgan fingerprint density at radius 2 is 2.04 bits per heavy atom. The van der Waals surface area contributed by atoms with Gasteiger partial charge in [-0.15, -0.1) is 0 Å². The third-order valence-corrected chi connectivity index (χ3v) is 4.16. The summed E-state index contributed by atoms with van der Waals surface area (Å²) in [5.74, 6) is 0.417. The summed E-state index contributed by atoms with van der Waals surface area (Å²) in [6.07, 6.45) is 1.60. The summed E-state index contributed by atoms with van der Waals surface area (Å²) in [6, 6.07) is 9.97. The van der Waals surface area contributed by atoms with Crippen LogP contribution in [-0.4, -0.2) is 36.9 Å². The summed E-state index contributed by atoms with van der Waals surface area (Å²) >= 11 is 0. The Morgan fingerprint density at radius 1 is 1.22 bits per heavy atom. The molecule has 2 aromatic rings. The lowest BCUT2D eigenvalue weighted by Crippen LogP contribution is -2.46. The van der Waals surface area contributed by atoms with Crippen molar-refractivity contribution in [1.82, 2.24) is 10.6 Å². The van der Waals surface area contributed by atoms with Crippen LogP contribution in [-0.2, 0) is 20.9 Å². The topological polar surface area (TPSA) is 101 Å². The Balaban J connectivity index is 1.48. The average Bonchev–Trinajstić information content (AvgIpc) is 3.18. The average molecular weight is 371 g/mol. The molecule has 1 atom stereocenters. The van der Waals surface area contributed by atoms with Crippen LogP contribution in [0.15, 0.2) is 47.1 Å². The number of nitrogens with zero attached hydrogens (tertiary/aromatic N) is 1. The fourth-order valence-electron chi connectivity index (χ4n) is 2.73. The maximum absolute atomic E-state index is 12.2. The number of benzene rings is 1. The Hall–Kier alpha value is -3.29. The van der Waals surface area contributed by atoms with E-state index in [1.54, 1.807) is 37.3 Å². The van der Waals surface area contributed by atoms with Gasteiger partial charge >= 0.3 is 0 Å². The van der Waals surface area contributed by atoms with E-state index in [1.165, 1.54) is 11.2 Å². The van der Waals surface area contributed by atoms with E-state index < -0.39 is 6.04 Å². The molecular weight excluding hydrogens is 350 g/mol. The minimum Gasteiger partial charge on any atom is -0.482 e. The quantitative estimate of drug-likeness (QED) is 0.762. The van der Waals surface area contributed by atoms with Gasteiger partial charge in [0, 0.05) is 13.0 Å². The van der Waals surface area contributed by atoms with E-state index in [0.717, 1.165) is 0 Å². The second-order valence-electron chi connectivity index (χ2n) is 6.14. The first-order chi connectivity index (χ1) is 13.0. The molecule has 1 aromatic carbocycles. The van der Waals surface area contributed by atoms with Crippen molar-refractivity contribution in [3.63, 3.8) is 0 Å². The molecule has 1 aliphatic heterocycles. The van der Waals surface area contributed by atoms with Crippen molar-refractivity contribution >= 4 is 23.4 Å². The van der Waals surface area contributed by atoms with E-state index in [0.29, 0.717) is 17.2 Å². The van der Waals surface area contributed by atoms with Crippen LogP contribution in [0.5, 0.6) is 5.75 Å². The van der Waals surface area contributed by atoms with Crippen LogP contribution in [0, 0.1) is 0 Å². The molecule has 2 N–H and O–H groups in total. The van der Waals surface area contributed by atoms with Gasteiger partial charge in [0.15, 0.2) is 6.61 Å². The largest absolute Gasteiger partial charge is 0.482 e. The van der Waals surface area contributed by atoms with Gasteiger partial charge in [-0.2, -0.15) is 0 Å². The van der Waals surface area contributed by atoms with Crippen LogP contribution in [0.3, 0.4) is 0 Å². The Morgan fingerprint density at radius 3 is 2.81 bits per heavy atom. The number of ether oxygens (including phenoxy) is 1. The van der Waals surface area contributed by atoms with Crippen LogP contribution in [0.4, 0.5) is 5.69 Å². The highest BCUT2D eigenvalue weighted by Gasteiger charge is 2.25. The molecule has 0 bridgehead atoms. The molecule has 0 fully saturated rings. The number of carbonyl (C=O) groups is 3. The lowest BCUT2D eigenvalue weighted by Gasteiger charge is -2.29. The number of carbonyl (C=O) groups excluding carboxylic acids is 3. The molecule has 2 heterocycles. The van der Waals surface area contributed by atoms with Crippen LogP contribution >= 0.6 is 0 Å². The van der Waals surface area contributed by atoms with Crippen molar-refractivity contribution in [2.75, 3.05) is 18.1 Å². The highest BCUT2D eigenvalue weighted by Crippen LogP contribution is 2.31. The third kappa shape index (κ3) is 4.66. The predicted molar refractivity (Wildman–Crippen MR) is 97.1 cm³/mol. The summed E-state index contributed by atoms with van der Waals surface area (Å²) < 4.78 is 10.5. The van der Waals surface area contributed by atoms with Crippen LogP contribution in [0.2, 0.25) is 0 Å². The monoisotopic (exact) mass is 371 g/mol. The number of anilines is 1. The number of hydrogen-bond donors (Lipinski definition) is 2. The van der Waals surface area contributed by atoms with Gasteiger partial charge in [0.05, 0.1) is 18.5 Å². The molecule has 0 aliphatic carbocycles. The van der Waals surface area contributed by atoms with Crippen molar-refractivity contribution < 1.29 is 23.5 Å². The van der Waals surface area contributed by atoms with E-state index in [-0.39, 0.29) is 43.8 Å². The highest BCUT2D eigenvalue weighted by atomic mass is 16.5. The lowest BCUT2D eigenvalue weighted by atomic mass is 10.2. The fourth-order valence-corrected chi connectivity index (χ4v) is 2.73. The van der Waals surface area contributed by atoms with Crippen molar-refractivity contribution in [3.8, 4) is 5.75 Å². The standard InChI is InChI=1S/C19H21N3O5/c1-13(19(25)20-11-14-5-4-10-26-14)21-17(23)8-9-22-15-6-2-3-7-16(15)27-12-18(22)24/h2-7,10,13H,8-9,11-12H2,1H3,(H,20,25)(H,21,23). The number of para-hydroxylation sites is 2. The van der Waals surface area contributed by atoms with E-state index in [4.69, 9.17) is 9.15 Å². The van der Waals surface area contributed by atoms with E-state index in [1.807, 2.05) is 6.07 Å². The number of rotatable bonds is 7. The zero-order chi connectivity index (χ0) is 19.2. The highest BCUT2D eigenvalue weighted by molar-refractivity contribution is 5.98. The first-order valence-electron chi connectivity index (χ1n) is 8.66. The number of nitrogens with one attached hydrogen (secondary N) is 2. The van der Waals surface area contributed by atoms with Crippen molar-refractivity contribution in [1.29, 1.82) is 0 Å². The summed E-state index contributed by atoms with van der Waals surface area (Å²) in [5, 5.41) is 5.32. The van der Waals surface area contributed by atoms with Gasteiger partial charge < -0.3 is 24.7 Å². The maximum atomic E-state index is 12.2. The van der Waals surface area contributed by atoms with Crippen LogP contribution in [0.25, 0.3) is 0 Å². The van der Waals surface area contributed by atoms with E-state index >= 15 is 0 Å². The zero-order valence-corrected chi connectivity index (χ0v) is 14.9. The summed E-state index contributed by atoms with van der Waals surface area (Å²) in [7, 11) is 0. The number of amides is 3. The second kappa shape index (κ2) is 8.39. The third-order valence-electron chi connectivity index (χ3n) is 4.16. The molecule has 142 valence electrons. The smallest absolute Gasteiger partial charge is 0.265 e. The van der Waals surface area contributed by atoms with Gasteiger partial charge in [0.1, 0.15) is 17.6 Å². The first-order valence-corrected chi connectivity index (χ1v) is 8.66. The normalized spacial score (nSPS) is 14.1. The molecule has 3 amide bonds. The number of hydrogen-bond acceptors (Lipinski definition) is 5. The Bertz CT molecular complexity index is 819. The number of furan rings is 1. The molecule has 0 saturated heterocycles. The summed E-state index contributed by atoms with van der Waals surface area (Å²) in [4.78, 5) is 37.8. The predicted octanol–water partition coefficient (Wildman–Crippen LogP) is 1.22. The van der Waals surface area contributed by atoms with Gasteiger partial charge in [-0.25, -0.2) is 0 Å². The summed E-state index contributed by atoms with van der Waals surface area (Å²) in [6.45, 7) is 2.02. The molecule has 1 aliphatic rings. The molecule has 1 aromatic heterocycles. The minimum atomic E-state index is -0.694. The molecule has 1 unspecified atom stereocenters. The SMILES string of the molecule is CC(NC(=O)CCN1C(=O)COc2ccccc21)C(=O)NCc1ccco1. The Kier molecular flexibility index (Phi) is 5.75. The second-order valence-corrected chi connectivity index (χ2v) is 6.14. The number of fused-ring (bicyclic) bond motifs is 1. The molecule has 0 radical (unpaired) electrons. The molecule has 27 heavy (non-hydrogen) atoms. The van der Waals surface area contributed by atoms with Gasteiger partial charge in [0.2, 0.25) is 11.8 Å². The van der Waals surface area contributed by atoms with Crippen LogP contribution in [0.1, 0.15) is 19.1 Å². The van der Waals surface area contributed by atoms with Crippen molar-refractivity contribution in [2.45, 2.75) is 25.9 Å². The molecule has 0 spiro atoms. The van der Waals surface area contributed by atoms with E-state index in [2.05, 4.69) is 10.6 Å². The first kappa shape index (κ1) is 18.5. The molecule has 8 heteroatoms. The molecule has 3 rings (SSSR count). The summed E-state index contributed by atoms with van der Waals surface area (Å²) in [5.41, 5.74) is 0.644. The maximum Gasteiger partial charge on any atom is 0.265 e. The van der Waals surface area contributed by atoms with Crippen molar-refractivity contribution in [2.24, 2.45) is 0 Å². The molecular formula is C19H21N3O5. The Labute approximate surface area is 156 Å². The van der Waals surface area contributed by atoms with Gasteiger partial charge in [-0.05, 0) is 31.2 Å². The van der Waals surface area contributed by atoms with Crippen molar-refractivity contribution in [3.05, 3.63) is 48.4 Å². The zero-order valence-electron chi connectivity index (χ0n) is 14.9. The lowest BCUT2D eigenvalue weighted by molar-refractivity contribution is -0.128. The molecule has 8 nitrogen and oxygen atoms in total. The van der Waals surface area contributed by atoms with E-state index in [9.17, 15) is 14.4 Å². The van der Waals surface area contributed by atoms with Gasteiger partial charge in [0.25, 0.3) is 5.91 Å². The van der Waals surface area contributed by atoms with Gasteiger partial charge in [-0.1, -0.05) is 12.1 Å². The van der Waals surface area contributed by atoms with Gasteiger partial charge in [-0.3, -0.25) is 14.4 Å². The minimum absolute atomic E-state index is 0.0514. The van der Waals surface area contributed by atoms with Crippen LogP contribution < -0.4 is 20.3 Å². The molecule has 0 saturated carbocycles. The fraction of sp³-hybridized carbons (Fsp3) is 0.316.